The first kappa shape index (κ1) is 17.9. The summed E-state index contributed by atoms with van der Waals surface area (Å²) >= 11 is 0. The summed E-state index contributed by atoms with van der Waals surface area (Å²) in [6, 6.07) is 0. The molecule has 2 nitrogen and oxygen atoms in total. The van der Waals surface area contributed by atoms with Crippen LogP contribution in [0.2, 0.25) is 18.1 Å². The Morgan fingerprint density at radius 1 is 1.17 bits per heavy atom. The van der Waals surface area contributed by atoms with Gasteiger partial charge in [-0.3, -0.25) is 0 Å². The van der Waals surface area contributed by atoms with E-state index in [9.17, 15) is 5.11 Å². The molecule has 0 saturated carbocycles. The Balaban J connectivity index is 4.68. The van der Waals surface area contributed by atoms with Gasteiger partial charge in [-0.15, -0.1) is 6.58 Å². The number of aliphatic hydroxyl groups excluding tert-OH is 1. The van der Waals surface area contributed by atoms with Gasteiger partial charge in [0, 0.05) is 17.9 Å². The average Bonchev–Trinajstić information content (AvgIpc) is 2.23. The molecule has 0 rings (SSSR count). The van der Waals surface area contributed by atoms with Crippen molar-refractivity contribution in [3.05, 3.63) is 12.7 Å². The molecular formula is C15H32O2Si. The minimum Gasteiger partial charge on any atom is -0.414 e. The summed E-state index contributed by atoms with van der Waals surface area (Å²) in [5, 5.41) is 10.4. The Kier molecular flexibility index (Phi) is 6.31. The maximum atomic E-state index is 10.2. The van der Waals surface area contributed by atoms with Crippen molar-refractivity contribution >= 4 is 8.32 Å². The fraction of sp³-hybridized carbons (Fsp3) is 0.867. The van der Waals surface area contributed by atoms with Crippen LogP contribution in [-0.4, -0.2) is 25.6 Å². The number of hydrogen-bond donors (Lipinski definition) is 1. The standard InChI is InChI=1S/C15H32O2Si/c1-10-11(2)14(16)12(3)13(4)17-18(8,9)15(5,6)7/h10-14,16H,1H2,2-9H3/t11-,12+,13-,14+/m1/s1. The molecule has 4 atom stereocenters. The van der Waals surface area contributed by atoms with Gasteiger partial charge in [0.05, 0.1) is 6.10 Å². The molecule has 0 heterocycles. The molecule has 0 aromatic rings. The molecule has 0 aliphatic heterocycles. The second kappa shape index (κ2) is 6.35. The van der Waals surface area contributed by atoms with Gasteiger partial charge in [-0.25, -0.2) is 0 Å². The zero-order chi connectivity index (χ0) is 14.7. The van der Waals surface area contributed by atoms with E-state index in [0.717, 1.165) is 0 Å². The van der Waals surface area contributed by atoms with Gasteiger partial charge in [0.25, 0.3) is 0 Å². The predicted molar refractivity (Wildman–Crippen MR) is 82.3 cm³/mol. The van der Waals surface area contributed by atoms with Gasteiger partial charge in [-0.05, 0) is 25.1 Å². The van der Waals surface area contributed by atoms with E-state index in [1.54, 1.807) is 6.08 Å². The Labute approximate surface area is 115 Å². The molecular weight excluding hydrogens is 240 g/mol. The van der Waals surface area contributed by atoms with Crippen molar-refractivity contribution < 1.29 is 9.53 Å². The molecule has 0 unspecified atom stereocenters. The summed E-state index contributed by atoms with van der Waals surface area (Å²) < 4.78 is 6.32. The third kappa shape index (κ3) is 4.52. The van der Waals surface area contributed by atoms with Gasteiger partial charge in [-0.2, -0.15) is 0 Å². The van der Waals surface area contributed by atoms with Crippen LogP contribution in [0.15, 0.2) is 12.7 Å². The van der Waals surface area contributed by atoms with Crippen LogP contribution in [0.5, 0.6) is 0 Å². The van der Waals surface area contributed by atoms with Crippen molar-refractivity contribution in [1.82, 2.24) is 0 Å². The topological polar surface area (TPSA) is 29.5 Å². The summed E-state index contributed by atoms with van der Waals surface area (Å²) in [6.45, 7) is 21.1. The Morgan fingerprint density at radius 3 is 1.94 bits per heavy atom. The molecule has 0 radical (unpaired) electrons. The molecule has 0 saturated heterocycles. The normalized spacial score (nSPS) is 20.1. The van der Waals surface area contributed by atoms with Crippen molar-refractivity contribution in [2.45, 2.75) is 71.9 Å². The Bertz CT molecular complexity index is 268. The fourth-order valence-electron chi connectivity index (χ4n) is 1.64. The van der Waals surface area contributed by atoms with Gasteiger partial charge in [0.1, 0.15) is 0 Å². The van der Waals surface area contributed by atoms with Crippen LogP contribution in [0.1, 0.15) is 41.5 Å². The molecule has 3 heteroatoms. The van der Waals surface area contributed by atoms with Crippen LogP contribution in [0, 0.1) is 11.8 Å². The van der Waals surface area contributed by atoms with Crippen LogP contribution in [-0.2, 0) is 4.43 Å². The van der Waals surface area contributed by atoms with Gasteiger partial charge >= 0.3 is 0 Å². The summed E-state index contributed by atoms with van der Waals surface area (Å²) in [7, 11) is -1.76. The lowest BCUT2D eigenvalue weighted by Crippen LogP contribution is -2.46. The van der Waals surface area contributed by atoms with E-state index in [-0.39, 0.29) is 29.1 Å². The molecule has 0 spiro atoms. The fourth-order valence-corrected chi connectivity index (χ4v) is 3.14. The molecule has 0 aromatic heterocycles. The molecule has 0 aromatic carbocycles. The first-order chi connectivity index (χ1) is 7.94. The van der Waals surface area contributed by atoms with E-state index in [0.29, 0.717) is 0 Å². The van der Waals surface area contributed by atoms with Crippen molar-refractivity contribution in [3.8, 4) is 0 Å². The lowest BCUT2D eigenvalue weighted by atomic mass is 9.90. The second-order valence-electron chi connectivity index (χ2n) is 7.03. The summed E-state index contributed by atoms with van der Waals surface area (Å²) in [4.78, 5) is 0. The predicted octanol–water partition coefficient (Wildman–Crippen LogP) is 4.22. The number of aliphatic hydroxyl groups is 1. The summed E-state index contributed by atoms with van der Waals surface area (Å²) in [6.07, 6.45) is 1.49. The molecule has 0 fully saturated rings. The summed E-state index contributed by atoms with van der Waals surface area (Å²) in [5.74, 6) is 0.220. The molecule has 0 bridgehead atoms. The molecule has 108 valence electrons. The van der Waals surface area contributed by atoms with E-state index >= 15 is 0 Å². The number of hydrogen-bond acceptors (Lipinski definition) is 2. The monoisotopic (exact) mass is 272 g/mol. The third-order valence-corrected chi connectivity index (χ3v) is 9.05. The molecule has 0 aliphatic carbocycles. The first-order valence-electron chi connectivity index (χ1n) is 6.92. The van der Waals surface area contributed by atoms with Gasteiger partial charge in [-0.1, -0.05) is 40.7 Å². The smallest absolute Gasteiger partial charge is 0.192 e. The second-order valence-corrected chi connectivity index (χ2v) is 11.8. The number of rotatable bonds is 6. The van der Waals surface area contributed by atoms with Crippen molar-refractivity contribution in [2.24, 2.45) is 11.8 Å². The van der Waals surface area contributed by atoms with Crippen LogP contribution in [0.25, 0.3) is 0 Å². The van der Waals surface area contributed by atoms with E-state index in [1.807, 2.05) is 6.92 Å². The van der Waals surface area contributed by atoms with E-state index in [4.69, 9.17) is 4.43 Å². The largest absolute Gasteiger partial charge is 0.414 e. The van der Waals surface area contributed by atoms with E-state index in [1.165, 1.54) is 0 Å². The van der Waals surface area contributed by atoms with E-state index in [2.05, 4.69) is 54.3 Å². The first-order valence-corrected chi connectivity index (χ1v) is 9.83. The van der Waals surface area contributed by atoms with E-state index < -0.39 is 8.32 Å². The maximum absolute atomic E-state index is 10.2. The van der Waals surface area contributed by atoms with Crippen LogP contribution >= 0.6 is 0 Å². The van der Waals surface area contributed by atoms with Gasteiger partial charge in [0.2, 0.25) is 0 Å². The Morgan fingerprint density at radius 2 is 1.61 bits per heavy atom. The highest BCUT2D eigenvalue weighted by molar-refractivity contribution is 6.74. The van der Waals surface area contributed by atoms with Crippen LogP contribution in [0.4, 0.5) is 0 Å². The molecule has 0 aliphatic rings. The zero-order valence-corrected chi connectivity index (χ0v) is 14.4. The minimum atomic E-state index is -1.76. The highest BCUT2D eigenvalue weighted by atomic mass is 28.4. The highest BCUT2D eigenvalue weighted by Crippen LogP contribution is 2.38. The quantitative estimate of drug-likeness (QED) is 0.579. The van der Waals surface area contributed by atoms with Crippen molar-refractivity contribution in [1.29, 1.82) is 0 Å². The van der Waals surface area contributed by atoms with Gasteiger partial charge in [0.15, 0.2) is 8.32 Å². The molecule has 1 N–H and O–H groups in total. The zero-order valence-electron chi connectivity index (χ0n) is 13.4. The van der Waals surface area contributed by atoms with Crippen molar-refractivity contribution in [2.75, 3.05) is 0 Å². The minimum absolute atomic E-state index is 0.0725. The SMILES string of the molecule is C=C[C@@H](C)[C@H](O)[C@@H](C)[C@@H](C)O[Si](C)(C)C(C)(C)C. The Hall–Kier alpha value is -0.123. The highest BCUT2D eigenvalue weighted by Gasteiger charge is 2.40. The average molecular weight is 273 g/mol. The van der Waals surface area contributed by atoms with Crippen LogP contribution in [0.3, 0.4) is 0 Å². The maximum Gasteiger partial charge on any atom is 0.192 e. The van der Waals surface area contributed by atoms with Crippen molar-refractivity contribution in [3.63, 3.8) is 0 Å². The summed E-state index contributed by atoms with van der Waals surface area (Å²) in [5.41, 5.74) is 0. The van der Waals surface area contributed by atoms with Gasteiger partial charge < -0.3 is 9.53 Å². The lowest BCUT2D eigenvalue weighted by Gasteiger charge is -2.41. The third-order valence-electron chi connectivity index (χ3n) is 4.48. The van der Waals surface area contributed by atoms with Crippen LogP contribution < -0.4 is 0 Å². The molecule has 18 heavy (non-hydrogen) atoms. The molecule has 0 amide bonds. The lowest BCUT2D eigenvalue weighted by molar-refractivity contribution is 0.0176.